The highest BCUT2D eigenvalue weighted by Gasteiger charge is 2.31. The smallest absolute Gasteiger partial charge is 0.251 e. The molecule has 140 valence electrons. The predicted octanol–water partition coefficient (Wildman–Crippen LogP) is 3.50. The molecule has 1 N–H and O–H groups in total. The fraction of sp³-hybridized carbons (Fsp3) is 0.524. The summed E-state index contributed by atoms with van der Waals surface area (Å²) >= 11 is 0. The first kappa shape index (κ1) is 18.6. The Morgan fingerprint density at radius 1 is 1.31 bits per heavy atom. The molecule has 0 spiro atoms. The van der Waals surface area contributed by atoms with E-state index in [1.54, 1.807) is 12.5 Å². The van der Waals surface area contributed by atoms with Gasteiger partial charge in [-0.25, -0.2) is 4.98 Å². The molecule has 1 unspecified atom stereocenters. The van der Waals surface area contributed by atoms with Crippen LogP contribution in [0.3, 0.4) is 0 Å². The van der Waals surface area contributed by atoms with E-state index >= 15 is 0 Å². The van der Waals surface area contributed by atoms with Crippen molar-refractivity contribution in [3.63, 3.8) is 0 Å². The third-order valence-corrected chi connectivity index (χ3v) is 5.57. The van der Waals surface area contributed by atoms with Crippen LogP contribution in [0.2, 0.25) is 0 Å². The summed E-state index contributed by atoms with van der Waals surface area (Å²) in [5.74, 6) is 0.772. The van der Waals surface area contributed by atoms with Crippen LogP contribution in [-0.4, -0.2) is 45.5 Å². The van der Waals surface area contributed by atoms with Crippen LogP contribution in [0.4, 0.5) is 0 Å². The van der Waals surface area contributed by atoms with Gasteiger partial charge in [0.05, 0.1) is 6.33 Å². The zero-order valence-electron chi connectivity index (χ0n) is 16.1. The van der Waals surface area contributed by atoms with E-state index in [1.165, 1.54) is 19.3 Å². The maximum absolute atomic E-state index is 12.5. The van der Waals surface area contributed by atoms with Gasteiger partial charge in [0.15, 0.2) is 0 Å². The number of rotatable bonds is 6. The van der Waals surface area contributed by atoms with Gasteiger partial charge in [0.1, 0.15) is 0 Å². The first-order valence-electron chi connectivity index (χ1n) is 9.61. The molecule has 3 rings (SSSR count). The Hall–Kier alpha value is -2.14. The number of nitrogens with one attached hydrogen (secondary N) is 1. The SMILES string of the molecule is CCC1CCCN(C(C)(C)CNC(=O)c2ccc(-n3ccnc3)cc2)C1. The summed E-state index contributed by atoms with van der Waals surface area (Å²) in [6, 6.07) is 7.62. The molecule has 1 saturated heterocycles. The highest BCUT2D eigenvalue weighted by Crippen LogP contribution is 2.25. The minimum Gasteiger partial charge on any atom is -0.350 e. The lowest BCUT2D eigenvalue weighted by Crippen LogP contribution is -2.54. The Kier molecular flexibility index (Phi) is 5.77. The maximum Gasteiger partial charge on any atom is 0.251 e. The standard InChI is InChI=1S/C21H30N4O/c1-4-17-6-5-12-25(14-17)21(2,3)15-23-20(26)18-7-9-19(10-8-18)24-13-11-22-16-24/h7-11,13,16-17H,4-6,12,14-15H2,1-3H3,(H,23,26). The second kappa shape index (κ2) is 8.04. The van der Waals surface area contributed by atoms with Gasteiger partial charge in [-0.3, -0.25) is 9.69 Å². The molecule has 1 aliphatic rings. The molecule has 1 aromatic carbocycles. The molecule has 2 aromatic rings. The first-order chi connectivity index (χ1) is 12.5. The van der Waals surface area contributed by atoms with Crippen LogP contribution in [0.5, 0.6) is 0 Å². The molecule has 1 aliphatic heterocycles. The minimum atomic E-state index is -0.0275. The van der Waals surface area contributed by atoms with E-state index in [0.717, 1.165) is 24.7 Å². The summed E-state index contributed by atoms with van der Waals surface area (Å²) in [6.07, 6.45) is 9.21. The zero-order valence-corrected chi connectivity index (χ0v) is 16.1. The number of likely N-dealkylation sites (tertiary alicyclic amines) is 1. The third-order valence-electron chi connectivity index (χ3n) is 5.57. The fourth-order valence-electron chi connectivity index (χ4n) is 3.66. The van der Waals surface area contributed by atoms with Crippen molar-refractivity contribution in [2.24, 2.45) is 5.92 Å². The Morgan fingerprint density at radius 2 is 2.08 bits per heavy atom. The van der Waals surface area contributed by atoms with E-state index in [-0.39, 0.29) is 11.4 Å². The molecule has 1 fully saturated rings. The van der Waals surface area contributed by atoms with Crippen molar-refractivity contribution in [2.75, 3.05) is 19.6 Å². The first-order valence-corrected chi connectivity index (χ1v) is 9.61. The molecule has 1 amide bonds. The van der Waals surface area contributed by atoms with Crippen LogP contribution >= 0.6 is 0 Å². The Labute approximate surface area is 156 Å². The molecule has 5 heteroatoms. The van der Waals surface area contributed by atoms with Crippen LogP contribution in [0.25, 0.3) is 5.69 Å². The number of benzene rings is 1. The van der Waals surface area contributed by atoms with Gasteiger partial charge in [-0.15, -0.1) is 0 Å². The summed E-state index contributed by atoms with van der Waals surface area (Å²) < 4.78 is 1.92. The molecule has 0 radical (unpaired) electrons. The molecule has 0 bridgehead atoms. The van der Waals surface area contributed by atoms with Crippen LogP contribution in [0.15, 0.2) is 43.0 Å². The average molecular weight is 354 g/mol. The average Bonchev–Trinajstić information content (AvgIpc) is 3.21. The van der Waals surface area contributed by atoms with E-state index in [9.17, 15) is 4.79 Å². The van der Waals surface area contributed by atoms with E-state index in [4.69, 9.17) is 0 Å². The minimum absolute atomic E-state index is 0.0145. The monoisotopic (exact) mass is 354 g/mol. The molecule has 1 aromatic heterocycles. The van der Waals surface area contributed by atoms with Gasteiger partial charge >= 0.3 is 0 Å². The van der Waals surface area contributed by atoms with Gasteiger partial charge in [0.2, 0.25) is 0 Å². The predicted molar refractivity (Wildman–Crippen MR) is 105 cm³/mol. The lowest BCUT2D eigenvalue weighted by atomic mass is 9.91. The Morgan fingerprint density at radius 3 is 2.73 bits per heavy atom. The Bertz CT molecular complexity index is 706. The zero-order chi connectivity index (χ0) is 18.6. The van der Waals surface area contributed by atoms with E-state index in [0.29, 0.717) is 12.1 Å². The van der Waals surface area contributed by atoms with Gasteiger partial charge in [-0.1, -0.05) is 13.3 Å². The van der Waals surface area contributed by atoms with Crippen LogP contribution in [0.1, 0.15) is 50.4 Å². The van der Waals surface area contributed by atoms with E-state index in [2.05, 4.69) is 36.0 Å². The molecular weight excluding hydrogens is 324 g/mol. The van der Waals surface area contributed by atoms with Crippen molar-refractivity contribution in [1.82, 2.24) is 19.8 Å². The quantitative estimate of drug-likeness (QED) is 0.864. The molecular formula is C21H30N4O. The molecule has 0 aliphatic carbocycles. The van der Waals surface area contributed by atoms with Gasteiger partial charge in [0, 0.05) is 42.3 Å². The van der Waals surface area contributed by atoms with Crippen molar-refractivity contribution in [3.8, 4) is 5.69 Å². The summed E-state index contributed by atoms with van der Waals surface area (Å²) in [6.45, 7) is 9.65. The number of hydrogen-bond acceptors (Lipinski definition) is 3. The highest BCUT2D eigenvalue weighted by atomic mass is 16.1. The largest absolute Gasteiger partial charge is 0.350 e. The second-order valence-electron chi connectivity index (χ2n) is 7.87. The van der Waals surface area contributed by atoms with Crippen molar-refractivity contribution in [2.45, 2.75) is 45.6 Å². The molecule has 2 heterocycles. The summed E-state index contributed by atoms with van der Waals surface area (Å²) in [4.78, 5) is 19.1. The fourth-order valence-corrected chi connectivity index (χ4v) is 3.66. The second-order valence-corrected chi connectivity index (χ2v) is 7.87. The van der Waals surface area contributed by atoms with E-state index < -0.39 is 0 Å². The molecule has 5 nitrogen and oxygen atoms in total. The topological polar surface area (TPSA) is 50.2 Å². The maximum atomic E-state index is 12.5. The van der Waals surface area contributed by atoms with Crippen molar-refractivity contribution < 1.29 is 4.79 Å². The lowest BCUT2D eigenvalue weighted by Gasteiger charge is -2.43. The van der Waals surface area contributed by atoms with Crippen molar-refractivity contribution in [1.29, 1.82) is 0 Å². The lowest BCUT2D eigenvalue weighted by molar-refractivity contribution is 0.0612. The van der Waals surface area contributed by atoms with Crippen molar-refractivity contribution >= 4 is 5.91 Å². The number of piperidine rings is 1. The summed E-state index contributed by atoms with van der Waals surface area (Å²) in [5.41, 5.74) is 1.66. The number of imidazole rings is 1. The number of carbonyl (C=O) groups is 1. The highest BCUT2D eigenvalue weighted by molar-refractivity contribution is 5.94. The number of aromatic nitrogens is 2. The van der Waals surface area contributed by atoms with Gasteiger partial charge < -0.3 is 9.88 Å². The van der Waals surface area contributed by atoms with Crippen LogP contribution in [0, 0.1) is 5.92 Å². The Balaban J connectivity index is 1.57. The molecule has 1 atom stereocenters. The van der Waals surface area contributed by atoms with Crippen LogP contribution in [-0.2, 0) is 0 Å². The molecule has 0 saturated carbocycles. The van der Waals surface area contributed by atoms with E-state index in [1.807, 2.05) is 35.0 Å². The number of hydrogen-bond donors (Lipinski definition) is 1. The molecule has 26 heavy (non-hydrogen) atoms. The van der Waals surface area contributed by atoms with Crippen molar-refractivity contribution in [3.05, 3.63) is 48.5 Å². The normalized spacial score (nSPS) is 18.7. The van der Waals surface area contributed by atoms with Gasteiger partial charge in [0.25, 0.3) is 5.91 Å². The summed E-state index contributed by atoms with van der Waals surface area (Å²) in [5, 5.41) is 3.12. The van der Waals surface area contributed by atoms with Gasteiger partial charge in [-0.05, 0) is 63.4 Å². The summed E-state index contributed by atoms with van der Waals surface area (Å²) in [7, 11) is 0. The number of nitrogens with zero attached hydrogens (tertiary/aromatic N) is 3. The number of carbonyl (C=O) groups excluding carboxylic acids is 1. The number of amides is 1. The van der Waals surface area contributed by atoms with Crippen LogP contribution < -0.4 is 5.32 Å². The van der Waals surface area contributed by atoms with Gasteiger partial charge in [-0.2, -0.15) is 0 Å². The third kappa shape index (κ3) is 4.33.